The van der Waals surface area contributed by atoms with Gasteiger partial charge in [0.15, 0.2) is 13.1 Å². The maximum Gasteiger partial charge on any atom is 0.243 e. The number of rotatable bonds is 12. The maximum absolute atomic E-state index is 12.2. The molecular weight excluding hydrogens is 660 g/mol. The Kier molecular flexibility index (Phi) is 17.7. The van der Waals surface area contributed by atoms with Crippen LogP contribution in [0, 0.1) is 0 Å². The van der Waals surface area contributed by atoms with E-state index in [2.05, 4.69) is 37.5 Å². The van der Waals surface area contributed by atoms with Crippen LogP contribution in [0.2, 0.25) is 0 Å². The van der Waals surface area contributed by atoms with Crippen molar-refractivity contribution in [1.29, 1.82) is 0 Å². The van der Waals surface area contributed by atoms with Crippen LogP contribution < -0.4 is 35.9 Å². The lowest BCUT2D eigenvalue weighted by Gasteiger charge is -2.20. The van der Waals surface area contributed by atoms with E-state index in [1.165, 1.54) is 11.4 Å². The molecule has 0 fully saturated rings. The molecule has 0 bridgehead atoms. The first kappa shape index (κ1) is 39.2. The zero-order valence-corrected chi connectivity index (χ0v) is 29.3. The number of hydrogen-bond donors (Lipinski definition) is 1. The zero-order chi connectivity index (χ0) is 32.6. The molecule has 0 aliphatic heterocycles. The Labute approximate surface area is 278 Å². The van der Waals surface area contributed by atoms with Gasteiger partial charge in [-0.3, -0.25) is 9.59 Å². The number of hydrogen-bond acceptors (Lipinski definition) is 7. The third-order valence-electron chi connectivity index (χ3n) is 6.94. The third kappa shape index (κ3) is 13.4. The third-order valence-corrected chi connectivity index (χ3v) is 6.94. The molecule has 0 atom stereocenters. The average molecular weight is 706 g/mol. The molecule has 2 heterocycles. The van der Waals surface area contributed by atoms with E-state index in [4.69, 9.17) is 13.0 Å². The fraction of sp³-hybridized carbons (Fsp3) is 0.375. The minimum atomic E-state index is -2.86. The molecule has 2 aromatic heterocycles. The molecule has 0 saturated heterocycles. The summed E-state index contributed by atoms with van der Waals surface area (Å²) in [6.45, 7) is 13.2. The highest BCUT2D eigenvalue weighted by Crippen LogP contribution is 2.16. The normalized spacial score (nSPS) is 10.1. The van der Waals surface area contributed by atoms with Gasteiger partial charge in [0, 0.05) is 59.7 Å². The second kappa shape index (κ2) is 20.3. The quantitative estimate of drug-likeness (QED) is 0.0766. The molecule has 0 aliphatic carbocycles. The molecule has 0 unspecified atom stereocenters. The van der Waals surface area contributed by atoms with Crippen molar-refractivity contribution >= 4 is 33.9 Å². The summed E-state index contributed by atoms with van der Waals surface area (Å²) in [6.07, 6.45) is 11.5. The van der Waals surface area contributed by atoms with Gasteiger partial charge in [0.1, 0.15) is 24.8 Å². The molecule has 4 aromatic rings. The number of benzene rings is 2. The molecular formula is C32H45BrN6O5S. The summed E-state index contributed by atoms with van der Waals surface area (Å²) in [5, 5.41) is 0. The van der Waals surface area contributed by atoms with Crippen molar-refractivity contribution in [3.8, 4) is 0 Å². The highest BCUT2D eigenvalue weighted by molar-refractivity contribution is 7.65. The van der Waals surface area contributed by atoms with Crippen molar-refractivity contribution in [3.05, 3.63) is 97.1 Å². The van der Waals surface area contributed by atoms with Gasteiger partial charge in [-0.25, -0.2) is 18.3 Å². The standard InChI is InChI=1S/2C16H22N3O.BrH.HO3S/c2*1-4-19(5-2)15-8-6-14(7-9-15)16(20)12-18-11-10-17(3)13-18;;1-4(2)3/h2*6-11,13H,4-5,12H2,1-3H3;1H;(H,1,2,3)/q2*+1;;-1/p-1. The number of anilines is 2. The van der Waals surface area contributed by atoms with Crippen molar-refractivity contribution < 1.29 is 48.7 Å². The lowest BCUT2D eigenvalue weighted by molar-refractivity contribution is -0.682. The lowest BCUT2D eigenvalue weighted by atomic mass is 10.1. The van der Waals surface area contributed by atoms with Crippen LogP contribution in [0.3, 0.4) is 0 Å². The number of Topliss-reactive ketones (excluding diaryl/α,β-unsaturated/α-hetero) is 2. The van der Waals surface area contributed by atoms with E-state index in [-0.39, 0.29) is 28.5 Å². The van der Waals surface area contributed by atoms with Crippen LogP contribution in [0.25, 0.3) is 0 Å². The predicted octanol–water partition coefficient (Wildman–Crippen LogP) is 0.856. The fourth-order valence-corrected chi connectivity index (χ4v) is 4.60. The fourth-order valence-electron chi connectivity index (χ4n) is 4.60. The maximum atomic E-state index is 12.2. The molecule has 0 aliphatic rings. The Bertz CT molecular complexity index is 1410. The molecule has 1 N–H and O–H groups in total. The van der Waals surface area contributed by atoms with Crippen molar-refractivity contribution in [3.63, 3.8) is 0 Å². The SMILES string of the molecule is CCN(CC)c1ccc(C(=O)C[n+]2ccn(C)c2)cc1.CCN(CC)c1ccc(C(=O)C[n+]2ccn(C)c2)cc1.O=[S-](=O)O.[Br-]. The van der Waals surface area contributed by atoms with Crippen molar-refractivity contribution in [2.75, 3.05) is 36.0 Å². The first-order valence-corrected chi connectivity index (χ1v) is 15.6. The van der Waals surface area contributed by atoms with Crippen LogP contribution >= 0.6 is 0 Å². The molecule has 0 spiro atoms. The Balaban J connectivity index is 0.000000394. The van der Waals surface area contributed by atoms with E-state index in [0.717, 1.165) is 37.3 Å². The van der Waals surface area contributed by atoms with Gasteiger partial charge in [-0.15, -0.1) is 0 Å². The van der Waals surface area contributed by atoms with E-state index in [1.54, 1.807) is 0 Å². The number of nitrogens with zero attached hydrogens (tertiary/aromatic N) is 6. The van der Waals surface area contributed by atoms with Gasteiger partial charge in [0.25, 0.3) is 0 Å². The van der Waals surface area contributed by atoms with Gasteiger partial charge in [-0.2, -0.15) is 0 Å². The molecule has 0 radical (unpaired) electrons. The first-order valence-electron chi connectivity index (χ1n) is 14.6. The van der Waals surface area contributed by atoms with Crippen LogP contribution in [0.15, 0.2) is 86.0 Å². The molecule has 45 heavy (non-hydrogen) atoms. The Hall–Kier alpha value is -3.81. The molecule has 0 amide bonds. The number of carbonyl (C=O) groups is 2. The summed E-state index contributed by atoms with van der Waals surface area (Å²) in [6, 6.07) is 15.8. The number of aryl methyl sites for hydroxylation is 2. The van der Waals surface area contributed by atoms with Crippen LogP contribution in [0.4, 0.5) is 11.4 Å². The van der Waals surface area contributed by atoms with Crippen molar-refractivity contribution in [2.24, 2.45) is 14.1 Å². The molecule has 246 valence electrons. The van der Waals surface area contributed by atoms with Crippen LogP contribution in [-0.2, 0) is 46.6 Å². The number of ketones is 2. The number of halogens is 1. The topological polar surface area (TPSA) is 113 Å². The highest BCUT2D eigenvalue weighted by atomic mass is 79.9. The molecule has 11 nitrogen and oxygen atoms in total. The smallest absolute Gasteiger partial charge is 0.243 e. The zero-order valence-electron chi connectivity index (χ0n) is 26.9. The van der Waals surface area contributed by atoms with Gasteiger partial charge in [-0.05, 0) is 76.2 Å². The summed E-state index contributed by atoms with van der Waals surface area (Å²) < 4.78 is 31.7. The largest absolute Gasteiger partial charge is 1.00 e. The number of aromatic nitrogens is 4. The molecule has 2 aromatic carbocycles. The minimum Gasteiger partial charge on any atom is -1.00 e. The van der Waals surface area contributed by atoms with Crippen LogP contribution in [0.5, 0.6) is 0 Å². The van der Waals surface area contributed by atoms with Gasteiger partial charge >= 0.3 is 0 Å². The lowest BCUT2D eigenvalue weighted by Crippen LogP contribution is -3.00. The second-order valence-electron chi connectivity index (χ2n) is 10.0. The second-order valence-corrected chi connectivity index (χ2v) is 10.4. The summed E-state index contributed by atoms with van der Waals surface area (Å²) in [5.74, 6) is 0.264. The van der Waals surface area contributed by atoms with E-state index in [0.29, 0.717) is 13.1 Å². The van der Waals surface area contributed by atoms with Crippen LogP contribution in [-0.4, -0.2) is 51.4 Å². The van der Waals surface area contributed by atoms with E-state index < -0.39 is 11.0 Å². The first-order chi connectivity index (χ1) is 21.0. The average Bonchev–Trinajstić information content (AvgIpc) is 3.61. The Morgan fingerprint density at radius 3 is 1.18 bits per heavy atom. The van der Waals surface area contributed by atoms with Crippen LogP contribution in [0.1, 0.15) is 48.4 Å². The number of imidazole rings is 2. The van der Waals surface area contributed by atoms with Gasteiger partial charge < -0.3 is 39.8 Å². The van der Waals surface area contributed by atoms with Crippen molar-refractivity contribution in [1.82, 2.24) is 9.13 Å². The molecule has 13 heteroatoms. The van der Waals surface area contributed by atoms with E-state index in [9.17, 15) is 9.59 Å². The number of carbonyl (C=O) groups excluding carboxylic acids is 2. The minimum absolute atomic E-state index is 0. The predicted molar refractivity (Wildman–Crippen MR) is 171 cm³/mol. The van der Waals surface area contributed by atoms with Gasteiger partial charge in [-0.1, -0.05) is 0 Å². The summed E-state index contributed by atoms with van der Waals surface area (Å²) in [7, 11) is 1.03. The van der Waals surface area contributed by atoms with E-state index >= 15 is 0 Å². The van der Waals surface area contributed by atoms with Gasteiger partial charge in [0.05, 0.1) is 14.1 Å². The summed E-state index contributed by atoms with van der Waals surface area (Å²) >= 11 is 0. The molecule has 4 rings (SSSR count). The monoisotopic (exact) mass is 704 g/mol. The Morgan fingerprint density at radius 2 is 0.956 bits per heavy atom. The summed E-state index contributed by atoms with van der Waals surface area (Å²) in [4.78, 5) is 28.9. The molecule has 0 saturated carbocycles. The van der Waals surface area contributed by atoms with Gasteiger partial charge in [0.2, 0.25) is 24.2 Å². The van der Waals surface area contributed by atoms with E-state index in [1.807, 2.05) is 118 Å². The summed E-state index contributed by atoms with van der Waals surface area (Å²) in [5.41, 5.74) is 3.85. The Morgan fingerprint density at radius 1 is 0.667 bits per heavy atom. The van der Waals surface area contributed by atoms with Crippen molar-refractivity contribution in [2.45, 2.75) is 40.8 Å². The highest BCUT2D eigenvalue weighted by Gasteiger charge is 2.13.